The monoisotopic (exact) mass is 278 g/mol. The topological polar surface area (TPSA) is 67.4 Å². The molecule has 0 aliphatic carbocycles. The zero-order chi connectivity index (χ0) is 15.1. The smallest absolute Gasteiger partial charge is 0.233 e. The Morgan fingerprint density at radius 3 is 2.55 bits per heavy atom. The highest BCUT2D eigenvalue weighted by atomic mass is 16.5. The zero-order valence-corrected chi connectivity index (χ0v) is 12.4. The highest BCUT2D eigenvalue weighted by molar-refractivity contribution is 6.04. The summed E-state index contributed by atoms with van der Waals surface area (Å²) in [4.78, 5) is 23.4. The van der Waals surface area contributed by atoms with E-state index in [9.17, 15) is 9.59 Å². The van der Waals surface area contributed by atoms with E-state index in [-0.39, 0.29) is 18.2 Å². The lowest BCUT2D eigenvalue weighted by Gasteiger charge is -2.11. The van der Waals surface area contributed by atoms with Crippen LogP contribution < -0.4 is 15.4 Å². The molecular formula is C15H22N2O3. The van der Waals surface area contributed by atoms with Gasteiger partial charge in [-0.2, -0.15) is 0 Å². The normalized spacial score (nSPS) is 10.2. The summed E-state index contributed by atoms with van der Waals surface area (Å²) in [6.07, 6.45) is -0.191. The molecule has 0 aromatic heterocycles. The van der Waals surface area contributed by atoms with E-state index < -0.39 is 0 Å². The second-order valence-electron chi connectivity index (χ2n) is 5.13. The average molecular weight is 278 g/mol. The molecule has 1 rings (SSSR count). The van der Waals surface area contributed by atoms with Crippen molar-refractivity contribution in [3.05, 3.63) is 23.8 Å². The van der Waals surface area contributed by atoms with Crippen LogP contribution in [0, 0.1) is 12.8 Å². The molecular weight excluding hydrogens is 256 g/mol. The Kier molecular flexibility index (Phi) is 6.03. The SMILES string of the molecule is COc1ccc(C)cc1NC(=O)CC(=O)NCC(C)C. The van der Waals surface area contributed by atoms with E-state index in [0.29, 0.717) is 23.9 Å². The van der Waals surface area contributed by atoms with Crippen LogP contribution in [0.4, 0.5) is 5.69 Å². The zero-order valence-electron chi connectivity index (χ0n) is 12.4. The van der Waals surface area contributed by atoms with Gasteiger partial charge in [0.25, 0.3) is 0 Å². The Labute approximate surface area is 119 Å². The molecule has 0 spiro atoms. The molecule has 2 amide bonds. The van der Waals surface area contributed by atoms with Crippen LogP contribution in [0.3, 0.4) is 0 Å². The van der Waals surface area contributed by atoms with E-state index in [4.69, 9.17) is 4.74 Å². The number of ether oxygens (including phenoxy) is 1. The van der Waals surface area contributed by atoms with Gasteiger partial charge in [0.1, 0.15) is 12.2 Å². The van der Waals surface area contributed by atoms with Crippen LogP contribution in [0.2, 0.25) is 0 Å². The third-order valence-electron chi connectivity index (χ3n) is 2.66. The molecule has 5 nitrogen and oxygen atoms in total. The van der Waals surface area contributed by atoms with Crippen molar-refractivity contribution in [2.24, 2.45) is 5.92 Å². The molecule has 0 heterocycles. The van der Waals surface area contributed by atoms with Gasteiger partial charge in [-0.1, -0.05) is 19.9 Å². The van der Waals surface area contributed by atoms with Crippen molar-refractivity contribution in [2.75, 3.05) is 19.0 Å². The number of aryl methyl sites for hydroxylation is 1. The summed E-state index contributed by atoms with van der Waals surface area (Å²) in [5.41, 5.74) is 1.58. The van der Waals surface area contributed by atoms with Crippen molar-refractivity contribution in [1.29, 1.82) is 0 Å². The van der Waals surface area contributed by atoms with Crippen molar-refractivity contribution in [2.45, 2.75) is 27.2 Å². The second-order valence-corrected chi connectivity index (χ2v) is 5.13. The Morgan fingerprint density at radius 1 is 1.25 bits per heavy atom. The van der Waals surface area contributed by atoms with Crippen LogP contribution >= 0.6 is 0 Å². The molecule has 20 heavy (non-hydrogen) atoms. The highest BCUT2D eigenvalue weighted by Crippen LogP contribution is 2.25. The van der Waals surface area contributed by atoms with Crippen LogP contribution in [0.5, 0.6) is 5.75 Å². The molecule has 0 bridgehead atoms. The standard InChI is InChI=1S/C15H22N2O3/c1-10(2)9-16-14(18)8-15(19)17-12-7-11(3)5-6-13(12)20-4/h5-7,10H,8-9H2,1-4H3,(H,16,18)(H,17,19). The van der Waals surface area contributed by atoms with Crippen molar-refractivity contribution in [3.63, 3.8) is 0 Å². The summed E-state index contributed by atoms with van der Waals surface area (Å²) in [5, 5.41) is 5.40. The number of amides is 2. The summed E-state index contributed by atoms with van der Waals surface area (Å²) >= 11 is 0. The van der Waals surface area contributed by atoms with Gasteiger partial charge in [-0.15, -0.1) is 0 Å². The predicted octanol–water partition coefficient (Wildman–Crippen LogP) is 2.10. The first kappa shape index (κ1) is 16.0. The maximum absolute atomic E-state index is 11.8. The molecule has 0 radical (unpaired) electrons. The van der Waals surface area contributed by atoms with Gasteiger partial charge in [-0.25, -0.2) is 0 Å². The maximum Gasteiger partial charge on any atom is 0.233 e. The second kappa shape index (κ2) is 7.53. The van der Waals surface area contributed by atoms with Gasteiger partial charge in [-0.3, -0.25) is 9.59 Å². The van der Waals surface area contributed by atoms with Gasteiger partial charge >= 0.3 is 0 Å². The van der Waals surface area contributed by atoms with Gasteiger partial charge in [0.15, 0.2) is 0 Å². The number of benzene rings is 1. The first-order valence-corrected chi connectivity index (χ1v) is 6.63. The van der Waals surface area contributed by atoms with Crippen molar-refractivity contribution in [1.82, 2.24) is 5.32 Å². The summed E-state index contributed by atoms with van der Waals surface area (Å²) in [7, 11) is 1.54. The summed E-state index contributed by atoms with van der Waals surface area (Å²) < 4.78 is 5.17. The third-order valence-corrected chi connectivity index (χ3v) is 2.66. The van der Waals surface area contributed by atoms with Crippen molar-refractivity contribution >= 4 is 17.5 Å². The molecule has 110 valence electrons. The molecule has 0 atom stereocenters. The van der Waals surface area contributed by atoms with Crippen LogP contribution in [-0.4, -0.2) is 25.5 Å². The number of rotatable bonds is 6. The summed E-state index contributed by atoms with van der Waals surface area (Å²) in [6.45, 7) is 6.49. The lowest BCUT2D eigenvalue weighted by Crippen LogP contribution is -2.30. The number of hydrogen-bond donors (Lipinski definition) is 2. The van der Waals surface area contributed by atoms with Crippen LogP contribution in [0.15, 0.2) is 18.2 Å². The Hall–Kier alpha value is -2.04. The first-order valence-electron chi connectivity index (χ1n) is 6.63. The molecule has 0 saturated carbocycles. The van der Waals surface area contributed by atoms with Crippen molar-refractivity contribution < 1.29 is 14.3 Å². The minimum Gasteiger partial charge on any atom is -0.495 e. The molecule has 1 aromatic carbocycles. The van der Waals surface area contributed by atoms with Gasteiger partial charge in [-0.05, 0) is 30.5 Å². The van der Waals surface area contributed by atoms with Gasteiger partial charge in [0, 0.05) is 6.54 Å². The predicted molar refractivity (Wildman–Crippen MR) is 78.8 cm³/mol. The average Bonchev–Trinajstić information content (AvgIpc) is 2.36. The van der Waals surface area contributed by atoms with Gasteiger partial charge in [0.2, 0.25) is 11.8 Å². The van der Waals surface area contributed by atoms with E-state index in [1.807, 2.05) is 32.9 Å². The number of anilines is 1. The fraction of sp³-hybridized carbons (Fsp3) is 0.467. The molecule has 0 unspecified atom stereocenters. The Morgan fingerprint density at radius 2 is 1.95 bits per heavy atom. The minimum atomic E-state index is -0.352. The van der Waals surface area contributed by atoms with E-state index in [0.717, 1.165) is 5.56 Å². The first-order chi connectivity index (χ1) is 9.42. The molecule has 0 fully saturated rings. The summed E-state index contributed by atoms with van der Waals surface area (Å²) in [6, 6.07) is 5.48. The number of hydrogen-bond acceptors (Lipinski definition) is 3. The number of methoxy groups -OCH3 is 1. The number of nitrogens with one attached hydrogen (secondary N) is 2. The van der Waals surface area contributed by atoms with Crippen LogP contribution in [0.1, 0.15) is 25.8 Å². The van der Waals surface area contributed by atoms with Crippen LogP contribution in [-0.2, 0) is 9.59 Å². The lowest BCUT2D eigenvalue weighted by atomic mass is 10.2. The summed E-state index contributed by atoms with van der Waals surface area (Å²) in [5.74, 6) is 0.309. The Bertz CT molecular complexity index is 484. The van der Waals surface area contributed by atoms with Crippen molar-refractivity contribution in [3.8, 4) is 5.75 Å². The highest BCUT2D eigenvalue weighted by Gasteiger charge is 2.12. The maximum atomic E-state index is 11.8. The van der Waals surface area contributed by atoms with Crippen LogP contribution in [0.25, 0.3) is 0 Å². The Balaban J connectivity index is 2.58. The minimum absolute atomic E-state index is 0.191. The quantitative estimate of drug-likeness (QED) is 0.783. The molecule has 0 aliphatic heterocycles. The van der Waals surface area contributed by atoms with E-state index in [1.54, 1.807) is 6.07 Å². The molecule has 1 aromatic rings. The number of carbonyl (C=O) groups excluding carboxylic acids is 2. The largest absolute Gasteiger partial charge is 0.495 e. The van der Waals surface area contributed by atoms with E-state index >= 15 is 0 Å². The molecule has 0 aliphatic rings. The fourth-order valence-corrected chi connectivity index (χ4v) is 1.64. The molecule has 0 saturated heterocycles. The molecule has 5 heteroatoms. The van der Waals surface area contributed by atoms with Gasteiger partial charge < -0.3 is 15.4 Å². The van der Waals surface area contributed by atoms with Gasteiger partial charge in [0.05, 0.1) is 12.8 Å². The fourth-order valence-electron chi connectivity index (χ4n) is 1.64. The van der Waals surface area contributed by atoms with E-state index in [2.05, 4.69) is 10.6 Å². The molecule has 2 N–H and O–H groups in total. The lowest BCUT2D eigenvalue weighted by molar-refractivity contribution is -0.126. The number of carbonyl (C=O) groups is 2. The third kappa shape index (κ3) is 5.30. The van der Waals surface area contributed by atoms with E-state index in [1.165, 1.54) is 7.11 Å².